The van der Waals surface area contributed by atoms with E-state index in [4.69, 9.17) is 15.4 Å². The molecule has 0 bridgehead atoms. The normalized spacial score (nSPS) is 19.9. The summed E-state index contributed by atoms with van der Waals surface area (Å²) < 4.78 is 27.7. The van der Waals surface area contributed by atoms with Crippen LogP contribution in [0.1, 0.15) is 23.2 Å². The topological polar surface area (TPSA) is 72.5 Å². The van der Waals surface area contributed by atoms with Gasteiger partial charge in [-0.05, 0) is 31.0 Å². The number of benzene rings is 1. The van der Waals surface area contributed by atoms with Gasteiger partial charge in [-0.3, -0.25) is 4.79 Å². The minimum Gasteiger partial charge on any atom is -0.379 e. The van der Waals surface area contributed by atoms with Crippen molar-refractivity contribution in [2.45, 2.75) is 23.8 Å². The Bertz CT molecular complexity index is 567. The third-order valence-corrected chi connectivity index (χ3v) is 4.22. The fraction of sp³-hybridized carbons (Fsp3) is 0.417. The summed E-state index contributed by atoms with van der Waals surface area (Å²) in [5.41, 5.74) is 0.271. The van der Waals surface area contributed by atoms with Gasteiger partial charge in [0.15, 0.2) is 0 Å². The van der Waals surface area contributed by atoms with E-state index in [2.05, 4.69) is 5.32 Å². The van der Waals surface area contributed by atoms with Crippen LogP contribution >= 0.6 is 10.7 Å². The Balaban J connectivity index is 2.10. The molecule has 1 aliphatic heterocycles. The Kier molecular flexibility index (Phi) is 4.44. The lowest BCUT2D eigenvalue weighted by Gasteiger charge is -2.23. The molecule has 1 amide bonds. The monoisotopic (exact) mass is 303 g/mol. The van der Waals surface area contributed by atoms with E-state index in [9.17, 15) is 13.2 Å². The molecule has 1 N–H and O–H groups in total. The second-order valence-electron chi connectivity index (χ2n) is 4.35. The van der Waals surface area contributed by atoms with Gasteiger partial charge in [0.25, 0.3) is 15.0 Å². The van der Waals surface area contributed by atoms with Gasteiger partial charge in [-0.15, -0.1) is 0 Å². The van der Waals surface area contributed by atoms with Crippen molar-refractivity contribution in [1.82, 2.24) is 5.32 Å². The number of ether oxygens (including phenoxy) is 1. The quantitative estimate of drug-likeness (QED) is 0.859. The van der Waals surface area contributed by atoms with Crippen molar-refractivity contribution in [3.63, 3.8) is 0 Å². The first-order chi connectivity index (χ1) is 8.97. The summed E-state index contributed by atoms with van der Waals surface area (Å²) in [5.74, 6) is -0.322. The molecule has 5 nitrogen and oxygen atoms in total. The second kappa shape index (κ2) is 5.90. The van der Waals surface area contributed by atoms with Crippen LogP contribution in [0.5, 0.6) is 0 Å². The molecular weight excluding hydrogens is 290 g/mol. The van der Waals surface area contributed by atoms with E-state index in [0.717, 1.165) is 12.8 Å². The van der Waals surface area contributed by atoms with Crippen LogP contribution in [0.4, 0.5) is 0 Å². The van der Waals surface area contributed by atoms with Crippen molar-refractivity contribution in [3.8, 4) is 0 Å². The van der Waals surface area contributed by atoms with Crippen LogP contribution in [-0.2, 0) is 13.8 Å². The average molecular weight is 304 g/mol. The van der Waals surface area contributed by atoms with Crippen LogP contribution in [0.2, 0.25) is 0 Å². The van der Waals surface area contributed by atoms with E-state index >= 15 is 0 Å². The standard InChI is InChI=1S/C12H14ClNO4S/c13-19(16,17)11-5-1-3-9(7-11)12(15)14-10-4-2-6-18-8-10/h1,3,5,7,10H,2,4,6,8H2,(H,14,15). The number of halogens is 1. The molecule has 1 unspecified atom stereocenters. The van der Waals surface area contributed by atoms with E-state index in [0.29, 0.717) is 13.2 Å². The molecule has 2 rings (SSSR count). The van der Waals surface area contributed by atoms with Gasteiger partial charge >= 0.3 is 0 Å². The summed E-state index contributed by atoms with van der Waals surface area (Å²) in [4.78, 5) is 11.9. The molecule has 0 saturated carbocycles. The maximum absolute atomic E-state index is 12.0. The Morgan fingerprint density at radius 1 is 1.42 bits per heavy atom. The smallest absolute Gasteiger partial charge is 0.261 e. The highest BCUT2D eigenvalue weighted by Crippen LogP contribution is 2.16. The first kappa shape index (κ1) is 14.3. The predicted octanol–water partition coefficient (Wildman–Crippen LogP) is 1.52. The molecule has 1 aromatic rings. The third kappa shape index (κ3) is 3.92. The van der Waals surface area contributed by atoms with Gasteiger partial charge in [-0.2, -0.15) is 0 Å². The van der Waals surface area contributed by atoms with Crippen LogP contribution in [0, 0.1) is 0 Å². The number of nitrogens with one attached hydrogen (secondary N) is 1. The van der Waals surface area contributed by atoms with Gasteiger partial charge in [-0.1, -0.05) is 6.07 Å². The predicted molar refractivity (Wildman–Crippen MR) is 70.8 cm³/mol. The highest BCUT2D eigenvalue weighted by Gasteiger charge is 2.18. The molecule has 1 atom stereocenters. The molecule has 7 heteroatoms. The van der Waals surface area contributed by atoms with Crippen molar-refractivity contribution in [2.24, 2.45) is 0 Å². The van der Waals surface area contributed by atoms with Crippen molar-refractivity contribution < 1.29 is 17.9 Å². The molecule has 1 aromatic carbocycles. The first-order valence-corrected chi connectivity index (χ1v) is 8.21. The van der Waals surface area contributed by atoms with E-state index in [1.165, 1.54) is 18.2 Å². The number of hydrogen-bond acceptors (Lipinski definition) is 4. The molecule has 1 fully saturated rings. The van der Waals surface area contributed by atoms with Crippen molar-refractivity contribution >= 4 is 25.6 Å². The van der Waals surface area contributed by atoms with Gasteiger partial charge in [0.05, 0.1) is 17.5 Å². The van der Waals surface area contributed by atoms with Crippen LogP contribution < -0.4 is 5.32 Å². The maximum Gasteiger partial charge on any atom is 0.261 e. The molecule has 1 saturated heterocycles. The van der Waals surface area contributed by atoms with Crippen LogP contribution in [-0.4, -0.2) is 33.6 Å². The van der Waals surface area contributed by atoms with Crippen LogP contribution in [0.15, 0.2) is 29.2 Å². The summed E-state index contributed by atoms with van der Waals surface area (Å²) in [6.45, 7) is 1.20. The fourth-order valence-electron chi connectivity index (χ4n) is 1.91. The Morgan fingerprint density at radius 3 is 2.84 bits per heavy atom. The zero-order chi connectivity index (χ0) is 13.9. The lowest BCUT2D eigenvalue weighted by Crippen LogP contribution is -2.40. The van der Waals surface area contributed by atoms with Gasteiger partial charge < -0.3 is 10.1 Å². The van der Waals surface area contributed by atoms with Crippen LogP contribution in [0.25, 0.3) is 0 Å². The van der Waals surface area contributed by atoms with E-state index in [1.54, 1.807) is 6.07 Å². The molecular formula is C12H14ClNO4S. The number of carbonyl (C=O) groups excluding carboxylic acids is 1. The minimum absolute atomic E-state index is 0.0301. The molecule has 0 radical (unpaired) electrons. The zero-order valence-corrected chi connectivity index (χ0v) is 11.7. The van der Waals surface area contributed by atoms with Crippen molar-refractivity contribution in [3.05, 3.63) is 29.8 Å². The highest BCUT2D eigenvalue weighted by molar-refractivity contribution is 8.13. The Labute approximate surface area is 116 Å². The lowest BCUT2D eigenvalue weighted by molar-refractivity contribution is 0.0624. The zero-order valence-electron chi connectivity index (χ0n) is 10.1. The minimum atomic E-state index is -3.82. The maximum atomic E-state index is 12.0. The molecule has 19 heavy (non-hydrogen) atoms. The summed E-state index contributed by atoms with van der Waals surface area (Å²) in [6.07, 6.45) is 1.76. The largest absolute Gasteiger partial charge is 0.379 e. The first-order valence-electron chi connectivity index (χ1n) is 5.90. The number of rotatable bonds is 3. The second-order valence-corrected chi connectivity index (χ2v) is 6.92. The number of hydrogen-bond donors (Lipinski definition) is 1. The Hall–Kier alpha value is -1.11. The fourth-order valence-corrected chi connectivity index (χ4v) is 2.71. The highest BCUT2D eigenvalue weighted by atomic mass is 35.7. The van der Waals surface area contributed by atoms with Crippen molar-refractivity contribution in [2.75, 3.05) is 13.2 Å². The Morgan fingerprint density at radius 2 is 2.21 bits per heavy atom. The molecule has 0 aliphatic carbocycles. The summed E-state index contributed by atoms with van der Waals surface area (Å²) in [7, 11) is 1.42. The van der Waals surface area contributed by atoms with Gasteiger partial charge in [0, 0.05) is 22.9 Å². The summed E-state index contributed by atoms with van der Waals surface area (Å²) in [6, 6.07) is 5.62. The number of carbonyl (C=O) groups is 1. The van der Waals surface area contributed by atoms with E-state index < -0.39 is 9.05 Å². The molecule has 0 spiro atoms. The average Bonchev–Trinajstić information content (AvgIpc) is 2.39. The van der Waals surface area contributed by atoms with Gasteiger partial charge in [0.2, 0.25) is 0 Å². The van der Waals surface area contributed by atoms with Gasteiger partial charge in [0.1, 0.15) is 0 Å². The summed E-state index contributed by atoms with van der Waals surface area (Å²) >= 11 is 0. The molecule has 0 aromatic heterocycles. The number of amides is 1. The van der Waals surface area contributed by atoms with E-state index in [-0.39, 0.29) is 22.4 Å². The van der Waals surface area contributed by atoms with Crippen molar-refractivity contribution in [1.29, 1.82) is 0 Å². The van der Waals surface area contributed by atoms with Crippen LogP contribution in [0.3, 0.4) is 0 Å². The van der Waals surface area contributed by atoms with Gasteiger partial charge in [-0.25, -0.2) is 8.42 Å². The third-order valence-electron chi connectivity index (χ3n) is 2.87. The van der Waals surface area contributed by atoms with E-state index in [1.807, 2.05) is 0 Å². The molecule has 1 aliphatic rings. The SMILES string of the molecule is O=C(NC1CCCOC1)c1cccc(S(=O)(=O)Cl)c1. The lowest BCUT2D eigenvalue weighted by atomic mass is 10.1. The summed E-state index contributed by atoms with van der Waals surface area (Å²) in [5, 5.41) is 2.81. The molecule has 1 heterocycles. The molecule has 104 valence electrons.